The van der Waals surface area contributed by atoms with E-state index in [1.807, 2.05) is 6.07 Å². The first-order chi connectivity index (χ1) is 9.62. The predicted octanol–water partition coefficient (Wildman–Crippen LogP) is 3.71. The second-order valence-corrected chi connectivity index (χ2v) is 6.19. The Morgan fingerprint density at radius 2 is 2.05 bits per heavy atom. The average molecular weight is 312 g/mol. The van der Waals surface area contributed by atoms with Crippen molar-refractivity contribution in [1.82, 2.24) is 10.1 Å². The van der Waals surface area contributed by atoms with Crippen molar-refractivity contribution < 1.29 is 4.52 Å². The summed E-state index contributed by atoms with van der Waals surface area (Å²) in [6.45, 7) is 0.664. The lowest BCUT2D eigenvalue weighted by molar-refractivity contribution is 0.129. The van der Waals surface area contributed by atoms with Gasteiger partial charge < -0.3 is 10.3 Å². The molecule has 1 fully saturated rings. The molecule has 0 radical (unpaired) electrons. The molecule has 20 heavy (non-hydrogen) atoms. The summed E-state index contributed by atoms with van der Waals surface area (Å²) in [7, 11) is 0. The van der Waals surface area contributed by atoms with Gasteiger partial charge in [-0.15, -0.1) is 0 Å². The number of aromatic nitrogens is 2. The molecule has 0 atom stereocenters. The Labute approximate surface area is 127 Å². The molecule has 0 saturated heterocycles. The maximum Gasteiger partial charge on any atom is 0.227 e. The van der Waals surface area contributed by atoms with Crippen molar-refractivity contribution in [2.75, 3.05) is 6.54 Å². The largest absolute Gasteiger partial charge is 0.339 e. The third-order valence-corrected chi connectivity index (χ3v) is 4.76. The van der Waals surface area contributed by atoms with E-state index in [-0.39, 0.29) is 5.41 Å². The summed E-state index contributed by atoms with van der Waals surface area (Å²) in [4.78, 5) is 4.43. The molecule has 0 unspecified atom stereocenters. The van der Waals surface area contributed by atoms with Crippen LogP contribution in [0.2, 0.25) is 10.0 Å². The van der Waals surface area contributed by atoms with Crippen molar-refractivity contribution in [3.05, 3.63) is 34.1 Å². The number of rotatable bonds is 4. The van der Waals surface area contributed by atoms with Crippen LogP contribution >= 0.6 is 23.2 Å². The van der Waals surface area contributed by atoms with Crippen molar-refractivity contribution in [3.63, 3.8) is 0 Å². The maximum atomic E-state index is 6.00. The van der Waals surface area contributed by atoms with Gasteiger partial charge in [-0.25, -0.2) is 0 Å². The van der Waals surface area contributed by atoms with E-state index in [1.165, 1.54) is 6.42 Å². The van der Waals surface area contributed by atoms with Crippen LogP contribution in [0.4, 0.5) is 0 Å². The van der Waals surface area contributed by atoms with Gasteiger partial charge in [0.15, 0.2) is 0 Å². The molecule has 1 aliphatic carbocycles. The zero-order valence-corrected chi connectivity index (χ0v) is 12.4. The minimum atomic E-state index is 0.154. The zero-order chi connectivity index (χ0) is 14.2. The van der Waals surface area contributed by atoms with Crippen LogP contribution in [0.3, 0.4) is 0 Å². The van der Waals surface area contributed by atoms with E-state index in [0.29, 0.717) is 28.3 Å². The molecule has 4 nitrogen and oxygen atoms in total. The first kappa shape index (κ1) is 13.9. The van der Waals surface area contributed by atoms with Crippen LogP contribution < -0.4 is 5.73 Å². The smallest absolute Gasteiger partial charge is 0.227 e. The fourth-order valence-electron chi connectivity index (χ4n) is 2.53. The molecule has 0 aliphatic heterocycles. The molecule has 1 aromatic heterocycles. The van der Waals surface area contributed by atoms with E-state index in [2.05, 4.69) is 10.1 Å². The molecule has 1 aliphatic rings. The van der Waals surface area contributed by atoms with E-state index in [9.17, 15) is 0 Å². The Bertz CT molecular complexity index is 617. The van der Waals surface area contributed by atoms with Gasteiger partial charge >= 0.3 is 0 Å². The van der Waals surface area contributed by atoms with Gasteiger partial charge in [0.25, 0.3) is 0 Å². The second kappa shape index (κ2) is 5.35. The molecule has 0 amide bonds. The van der Waals surface area contributed by atoms with Crippen LogP contribution in [0, 0.1) is 5.41 Å². The minimum Gasteiger partial charge on any atom is -0.339 e. The predicted molar refractivity (Wildman–Crippen MR) is 78.8 cm³/mol. The summed E-state index contributed by atoms with van der Waals surface area (Å²) < 4.78 is 5.33. The van der Waals surface area contributed by atoms with Crippen LogP contribution in [-0.2, 0) is 6.42 Å². The van der Waals surface area contributed by atoms with Crippen LogP contribution in [0.25, 0.3) is 11.4 Å². The molecule has 2 N–H and O–H groups in total. The van der Waals surface area contributed by atoms with Gasteiger partial charge in [-0.1, -0.05) is 34.8 Å². The molecule has 106 valence electrons. The maximum absolute atomic E-state index is 6.00. The molecule has 1 saturated carbocycles. The fourth-order valence-corrected chi connectivity index (χ4v) is 2.83. The van der Waals surface area contributed by atoms with Gasteiger partial charge in [-0.3, -0.25) is 0 Å². The molecule has 0 spiro atoms. The summed E-state index contributed by atoms with van der Waals surface area (Å²) >= 11 is 11.9. The topological polar surface area (TPSA) is 64.9 Å². The van der Waals surface area contributed by atoms with Crippen LogP contribution in [0.5, 0.6) is 0 Å². The first-order valence-electron chi connectivity index (χ1n) is 6.60. The van der Waals surface area contributed by atoms with Crippen molar-refractivity contribution in [1.29, 1.82) is 0 Å². The van der Waals surface area contributed by atoms with Crippen LogP contribution in [0.15, 0.2) is 22.7 Å². The molecule has 6 heteroatoms. The van der Waals surface area contributed by atoms with Gasteiger partial charge in [0.1, 0.15) is 0 Å². The molecular formula is C14H15Cl2N3O. The lowest BCUT2D eigenvalue weighted by atomic mass is 9.67. The number of nitrogens with zero attached hydrogens (tertiary/aromatic N) is 2. The third kappa shape index (κ3) is 2.55. The Morgan fingerprint density at radius 1 is 1.25 bits per heavy atom. The molecule has 3 rings (SSSR count). The highest BCUT2D eigenvalue weighted by atomic mass is 35.5. The molecular weight excluding hydrogens is 297 g/mol. The van der Waals surface area contributed by atoms with Gasteiger partial charge in [0, 0.05) is 12.0 Å². The van der Waals surface area contributed by atoms with E-state index in [1.54, 1.807) is 12.1 Å². The zero-order valence-electron chi connectivity index (χ0n) is 10.9. The number of hydrogen-bond donors (Lipinski definition) is 1. The second-order valence-electron chi connectivity index (χ2n) is 5.38. The highest BCUT2D eigenvalue weighted by Crippen LogP contribution is 2.42. The van der Waals surface area contributed by atoms with E-state index in [4.69, 9.17) is 33.5 Å². The monoisotopic (exact) mass is 311 g/mol. The standard InChI is InChI=1S/C14H15Cl2N3O/c15-10-3-2-9(6-11(10)16)13-18-12(20-19-13)7-14(8-17)4-1-5-14/h2-3,6H,1,4-5,7-8,17H2. The molecule has 0 bridgehead atoms. The Morgan fingerprint density at radius 3 is 2.65 bits per heavy atom. The quantitative estimate of drug-likeness (QED) is 0.934. The Kier molecular flexibility index (Phi) is 3.71. The van der Waals surface area contributed by atoms with Crippen LogP contribution in [-0.4, -0.2) is 16.7 Å². The Balaban J connectivity index is 1.81. The summed E-state index contributed by atoms with van der Waals surface area (Å²) in [6, 6.07) is 5.29. The lowest BCUT2D eigenvalue weighted by Gasteiger charge is -2.39. The van der Waals surface area contributed by atoms with Gasteiger partial charge in [0.05, 0.1) is 10.0 Å². The molecule has 2 aromatic rings. The molecule has 1 heterocycles. The third-order valence-electron chi connectivity index (χ3n) is 4.02. The van der Waals surface area contributed by atoms with Crippen molar-refractivity contribution in [2.45, 2.75) is 25.7 Å². The van der Waals surface area contributed by atoms with E-state index < -0.39 is 0 Å². The first-order valence-corrected chi connectivity index (χ1v) is 7.36. The highest BCUT2D eigenvalue weighted by Gasteiger charge is 2.37. The van der Waals surface area contributed by atoms with Crippen molar-refractivity contribution in [2.24, 2.45) is 11.1 Å². The van der Waals surface area contributed by atoms with Gasteiger partial charge in [0.2, 0.25) is 11.7 Å². The van der Waals surface area contributed by atoms with E-state index in [0.717, 1.165) is 24.8 Å². The number of benzene rings is 1. The van der Waals surface area contributed by atoms with Crippen LogP contribution in [0.1, 0.15) is 25.2 Å². The normalized spacial score (nSPS) is 16.9. The summed E-state index contributed by atoms with van der Waals surface area (Å²) in [5, 5.41) is 4.99. The Hall–Kier alpha value is -1.10. The number of hydrogen-bond acceptors (Lipinski definition) is 4. The summed E-state index contributed by atoms with van der Waals surface area (Å²) in [5.74, 6) is 1.17. The van der Waals surface area contributed by atoms with Crippen molar-refractivity contribution >= 4 is 23.2 Å². The number of nitrogens with two attached hydrogens (primary N) is 1. The fraction of sp³-hybridized carbons (Fsp3) is 0.429. The summed E-state index contributed by atoms with van der Waals surface area (Å²) in [6.07, 6.45) is 4.24. The SMILES string of the molecule is NCC1(Cc2nc(-c3ccc(Cl)c(Cl)c3)no2)CCC1. The highest BCUT2D eigenvalue weighted by molar-refractivity contribution is 6.42. The molecule has 1 aromatic carbocycles. The van der Waals surface area contributed by atoms with Crippen molar-refractivity contribution in [3.8, 4) is 11.4 Å². The number of halogens is 2. The van der Waals surface area contributed by atoms with Gasteiger partial charge in [-0.05, 0) is 43.0 Å². The minimum absolute atomic E-state index is 0.154. The average Bonchev–Trinajstić information content (AvgIpc) is 2.85. The lowest BCUT2D eigenvalue weighted by Crippen LogP contribution is -2.39. The van der Waals surface area contributed by atoms with E-state index >= 15 is 0 Å². The summed E-state index contributed by atoms with van der Waals surface area (Å²) in [5.41, 5.74) is 6.80. The van der Waals surface area contributed by atoms with Gasteiger partial charge in [-0.2, -0.15) is 4.98 Å².